The molecule has 3 rings (SSSR count). The highest BCUT2D eigenvalue weighted by Gasteiger charge is 2.19. The van der Waals surface area contributed by atoms with Crippen LogP contribution in [0, 0.1) is 0 Å². The van der Waals surface area contributed by atoms with Gasteiger partial charge in [-0.05, 0) is 38.3 Å². The van der Waals surface area contributed by atoms with E-state index in [0.717, 1.165) is 24.5 Å². The fraction of sp³-hybridized carbons (Fsp3) is 0.438. The van der Waals surface area contributed by atoms with Gasteiger partial charge in [0.05, 0.1) is 6.20 Å². The van der Waals surface area contributed by atoms with Crippen molar-refractivity contribution in [2.75, 3.05) is 17.2 Å². The number of rotatable bonds is 3. The Morgan fingerprint density at radius 1 is 1.30 bits per heavy atom. The van der Waals surface area contributed by atoms with Gasteiger partial charge in [-0.3, -0.25) is 0 Å². The van der Waals surface area contributed by atoms with Crippen molar-refractivity contribution in [3.8, 4) is 0 Å². The van der Waals surface area contributed by atoms with E-state index in [0.29, 0.717) is 6.04 Å². The maximum atomic E-state index is 6.22. The topological polar surface area (TPSA) is 47.1 Å². The van der Waals surface area contributed by atoms with Crippen molar-refractivity contribution in [1.29, 1.82) is 0 Å². The second-order valence-electron chi connectivity index (χ2n) is 5.75. The average Bonchev–Trinajstić information content (AvgIpc) is 2.81. The van der Waals surface area contributed by atoms with Crippen LogP contribution in [0.5, 0.6) is 0 Å². The van der Waals surface area contributed by atoms with E-state index in [1.165, 1.54) is 24.1 Å². The van der Waals surface area contributed by atoms with E-state index in [1.807, 2.05) is 10.9 Å². The number of nitrogens with zero attached hydrogens (tertiary/aromatic N) is 3. The zero-order valence-corrected chi connectivity index (χ0v) is 12.2. The third kappa shape index (κ3) is 2.26. The fourth-order valence-corrected chi connectivity index (χ4v) is 2.92. The zero-order chi connectivity index (χ0) is 14.1. The van der Waals surface area contributed by atoms with Crippen LogP contribution in [0.25, 0.3) is 0 Å². The van der Waals surface area contributed by atoms with E-state index < -0.39 is 0 Å². The molecule has 2 heterocycles. The minimum absolute atomic E-state index is 0.303. The third-order valence-corrected chi connectivity index (χ3v) is 3.97. The lowest BCUT2D eigenvalue weighted by atomic mass is 10.0. The number of aryl methyl sites for hydroxylation is 1. The highest BCUT2D eigenvalue weighted by Crippen LogP contribution is 2.29. The first-order chi connectivity index (χ1) is 9.66. The quantitative estimate of drug-likeness (QED) is 0.932. The molecule has 106 valence electrons. The molecule has 0 amide bonds. The van der Waals surface area contributed by atoms with Gasteiger partial charge >= 0.3 is 0 Å². The molecule has 0 saturated heterocycles. The number of aromatic nitrogens is 2. The van der Waals surface area contributed by atoms with Gasteiger partial charge in [-0.2, -0.15) is 5.10 Å². The van der Waals surface area contributed by atoms with Crippen LogP contribution in [0.2, 0.25) is 0 Å². The summed E-state index contributed by atoms with van der Waals surface area (Å²) in [6.07, 6.45) is 4.29. The van der Waals surface area contributed by atoms with Crippen LogP contribution < -0.4 is 10.6 Å². The van der Waals surface area contributed by atoms with Gasteiger partial charge in [0, 0.05) is 30.4 Å². The zero-order valence-electron chi connectivity index (χ0n) is 12.2. The number of hydrogen-bond donors (Lipinski definition) is 1. The van der Waals surface area contributed by atoms with Gasteiger partial charge < -0.3 is 10.6 Å². The molecular weight excluding hydrogens is 248 g/mol. The standard InChI is InChI=1S/C16H22N4/c1-12(2)20-16(17)14(10-18-20)11-19-9-5-7-13-6-3-4-8-15(13)19/h3-4,6,8,10,12H,5,7,9,11,17H2,1-2H3. The Bertz CT molecular complexity index is 600. The molecule has 20 heavy (non-hydrogen) atoms. The molecule has 0 aliphatic carbocycles. The van der Waals surface area contributed by atoms with Gasteiger partial charge in [0.25, 0.3) is 0 Å². The first-order valence-corrected chi connectivity index (χ1v) is 7.31. The summed E-state index contributed by atoms with van der Waals surface area (Å²) >= 11 is 0. The number of hydrogen-bond acceptors (Lipinski definition) is 3. The summed E-state index contributed by atoms with van der Waals surface area (Å²) in [5, 5.41) is 4.40. The molecule has 4 nitrogen and oxygen atoms in total. The van der Waals surface area contributed by atoms with Crippen LogP contribution in [-0.2, 0) is 13.0 Å². The highest BCUT2D eigenvalue weighted by atomic mass is 15.3. The molecule has 2 N–H and O–H groups in total. The summed E-state index contributed by atoms with van der Waals surface area (Å²) in [6, 6.07) is 8.96. The molecule has 0 saturated carbocycles. The third-order valence-electron chi connectivity index (χ3n) is 3.97. The van der Waals surface area contributed by atoms with Gasteiger partial charge in [-0.15, -0.1) is 0 Å². The van der Waals surface area contributed by atoms with Crippen molar-refractivity contribution in [3.05, 3.63) is 41.6 Å². The summed E-state index contributed by atoms with van der Waals surface area (Å²) in [4.78, 5) is 2.41. The summed E-state index contributed by atoms with van der Waals surface area (Å²) < 4.78 is 1.89. The highest BCUT2D eigenvalue weighted by molar-refractivity contribution is 5.56. The van der Waals surface area contributed by atoms with E-state index in [-0.39, 0.29) is 0 Å². The van der Waals surface area contributed by atoms with Crippen LogP contribution in [0.4, 0.5) is 11.5 Å². The molecule has 1 aliphatic heterocycles. The molecule has 0 bridgehead atoms. The Hall–Kier alpha value is -1.97. The van der Waals surface area contributed by atoms with Gasteiger partial charge in [0.2, 0.25) is 0 Å². The molecule has 4 heteroatoms. The molecule has 1 aliphatic rings. The number of fused-ring (bicyclic) bond motifs is 1. The van der Waals surface area contributed by atoms with Crippen molar-refractivity contribution >= 4 is 11.5 Å². The molecular formula is C16H22N4. The maximum Gasteiger partial charge on any atom is 0.126 e. The summed E-state index contributed by atoms with van der Waals surface area (Å²) in [5.41, 5.74) is 10.1. The van der Waals surface area contributed by atoms with Crippen molar-refractivity contribution < 1.29 is 0 Å². The van der Waals surface area contributed by atoms with Crippen molar-refractivity contribution in [1.82, 2.24) is 9.78 Å². The van der Waals surface area contributed by atoms with Crippen LogP contribution in [-0.4, -0.2) is 16.3 Å². The molecule has 0 spiro atoms. The van der Waals surface area contributed by atoms with Crippen LogP contribution in [0.15, 0.2) is 30.5 Å². The lowest BCUT2D eigenvalue weighted by Crippen LogP contribution is -2.29. The summed E-state index contributed by atoms with van der Waals surface area (Å²) in [5.74, 6) is 0.794. The Morgan fingerprint density at radius 2 is 2.10 bits per heavy atom. The summed E-state index contributed by atoms with van der Waals surface area (Å²) in [7, 11) is 0. The monoisotopic (exact) mass is 270 g/mol. The Labute approximate surface area is 120 Å². The molecule has 2 aromatic rings. The lowest BCUT2D eigenvalue weighted by molar-refractivity contribution is 0.540. The molecule has 0 radical (unpaired) electrons. The second kappa shape index (κ2) is 5.19. The van der Waals surface area contributed by atoms with Crippen LogP contribution >= 0.6 is 0 Å². The van der Waals surface area contributed by atoms with Crippen molar-refractivity contribution in [2.45, 2.75) is 39.3 Å². The Morgan fingerprint density at radius 3 is 2.85 bits per heavy atom. The maximum absolute atomic E-state index is 6.22. The summed E-state index contributed by atoms with van der Waals surface area (Å²) in [6.45, 7) is 6.13. The van der Waals surface area contributed by atoms with E-state index in [1.54, 1.807) is 0 Å². The molecule has 0 fully saturated rings. The van der Waals surface area contributed by atoms with Crippen LogP contribution in [0.3, 0.4) is 0 Å². The number of benzene rings is 1. The van der Waals surface area contributed by atoms with Crippen molar-refractivity contribution in [3.63, 3.8) is 0 Å². The first kappa shape index (κ1) is 13.0. The van der Waals surface area contributed by atoms with E-state index in [4.69, 9.17) is 5.73 Å². The normalized spacial score (nSPS) is 14.7. The van der Waals surface area contributed by atoms with E-state index in [9.17, 15) is 0 Å². The van der Waals surface area contributed by atoms with E-state index in [2.05, 4.69) is 48.1 Å². The van der Waals surface area contributed by atoms with Crippen LogP contribution in [0.1, 0.15) is 37.4 Å². The SMILES string of the molecule is CC(C)n1ncc(CN2CCCc3ccccc32)c1N. The van der Waals surface area contributed by atoms with Gasteiger partial charge in [-0.1, -0.05) is 18.2 Å². The molecule has 1 aromatic heterocycles. The smallest absolute Gasteiger partial charge is 0.126 e. The second-order valence-corrected chi connectivity index (χ2v) is 5.75. The lowest BCUT2D eigenvalue weighted by Gasteiger charge is -2.31. The largest absolute Gasteiger partial charge is 0.384 e. The number of nitrogen functional groups attached to an aromatic ring is 1. The molecule has 0 unspecified atom stereocenters. The van der Waals surface area contributed by atoms with E-state index >= 15 is 0 Å². The fourth-order valence-electron chi connectivity index (χ4n) is 2.92. The van der Waals surface area contributed by atoms with Crippen molar-refractivity contribution in [2.24, 2.45) is 0 Å². The van der Waals surface area contributed by atoms with Gasteiger partial charge in [-0.25, -0.2) is 4.68 Å². The predicted molar refractivity (Wildman–Crippen MR) is 82.8 cm³/mol. The number of nitrogens with two attached hydrogens (primary N) is 1. The Balaban J connectivity index is 1.86. The minimum Gasteiger partial charge on any atom is -0.384 e. The number of anilines is 2. The molecule has 1 aromatic carbocycles. The predicted octanol–water partition coefficient (Wildman–Crippen LogP) is 3.00. The molecule has 0 atom stereocenters. The average molecular weight is 270 g/mol. The van der Waals surface area contributed by atoms with Gasteiger partial charge in [0.1, 0.15) is 5.82 Å². The number of para-hydroxylation sites is 1. The Kier molecular flexibility index (Phi) is 3.38. The first-order valence-electron chi connectivity index (χ1n) is 7.31. The minimum atomic E-state index is 0.303. The van der Waals surface area contributed by atoms with Gasteiger partial charge in [0.15, 0.2) is 0 Å².